The minimum absolute atomic E-state index is 0.940. The lowest BCUT2D eigenvalue weighted by atomic mass is 10.2. The van der Waals surface area contributed by atoms with Crippen LogP contribution < -0.4 is 5.32 Å². The molecule has 82 valence electrons. The summed E-state index contributed by atoms with van der Waals surface area (Å²) in [7, 11) is 0. The molecule has 0 radical (unpaired) electrons. The molecule has 1 nitrogen and oxygen atoms in total. The summed E-state index contributed by atoms with van der Waals surface area (Å²) in [5.41, 5.74) is 1.39. The summed E-state index contributed by atoms with van der Waals surface area (Å²) in [5.74, 6) is 1.90. The molecule has 2 atom stereocenters. The zero-order chi connectivity index (χ0) is 10.7. The highest BCUT2D eigenvalue weighted by Gasteiger charge is 2.31. The van der Waals surface area contributed by atoms with Crippen LogP contribution in [0.5, 0.6) is 0 Å². The van der Waals surface area contributed by atoms with Gasteiger partial charge in [-0.3, -0.25) is 0 Å². The summed E-state index contributed by atoms with van der Waals surface area (Å²) in [6, 6.07) is 8.83. The van der Waals surface area contributed by atoms with Gasteiger partial charge in [0.2, 0.25) is 0 Å². The number of hydrogen-bond donors (Lipinski definition) is 1. The molecule has 1 N–H and O–H groups in total. The number of thioether (sulfide) groups is 1. The fourth-order valence-electron chi connectivity index (χ4n) is 1.83. The average Bonchev–Trinajstić information content (AvgIpc) is 2.96. The van der Waals surface area contributed by atoms with Crippen molar-refractivity contribution in [3.63, 3.8) is 0 Å². The molecule has 1 aromatic rings. The van der Waals surface area contributed by atoms with Gasteiger partial charge in [-0.25, -0.2) is 0 Å². The molecule has 0 heterocycles. The van der Waals surface area contributed by atoms with E-state index in [1.165, 1.54) is 23.4 Å². The maximum absolute atomic E-state index is 3.52. The van der Waals surface area contributed by atoms with Crippen molar-refractivity contribution < 1.29 is 0 Å². The van der Waals surface area contributed by atoms with E-state index in [9.17, 15) is 0 Å². The molecule has 0 bridgehead atoms. The van der Waals surface area contributed by atoms with Crippen LogP contribution in [0.2, 0.25) is 0 Å². The van der Waals surface area contributed by atoms with Gasteiger partial charge in [0.25, 0.3) is 0 Å². The average molecular weight is 221 g/mol. The van der Waals surface area contributed by atoms with Crippen molar-refractivity contribution in [2.45, 2.75) is 24.8 Å². The molecule has 1 fully saturated rings. The fourth-order valence-corrected chi connectivity index (χ4v) is 2.24. The normalized spacial score (nSPS) is 24.1. The molecule has 2 rings (SSSR count). The summed E-state index contributed by atoms with van der Waals surface area (Å²) in [6.45, 7) is 4.53. The Labute approximate surface area is 96.7 Å². The van der Waals surface area contributed by atoms with E-state index in [0.717, 1.165) is 18.4 Å². The van der Waals surface area contributed by atoms with Crippen molar-refractivity contribution in [2.24, 2.45) is 11.8 Å². The lowest BCUT2D eigenvalue weighted by Gasteiger charge is -2.04. The van der Waals surface area contributed by atoms with Gasteiger partial charge < -0.3 is 5.32 Å². The van der Waals surface area contributed by atoms with Crippen LogP contribution in [-0.4, -0.2) is 12.8 Å². The van der Waals surface area contributed by atoms with E-state index >= 15 is 0 Å². The molecule has 1 aromatic carbocycles. The van der Waals surface area contributed by atoms with Crippen molar-refractivity contribution >= 4 is 11.8 Å². The first-order chi connectivity index (χ1) is 7.29. The van der Waals surface area contributed by atoms with E-state index in [0.29, 0.717) is 0 Å². The Morgan fingerprint density at radius 1 is 1.33 bits per heavy atom. The first-order valence-electron chi connectivity index (χ1n) is 5.63. The molecular weight excluding hydrogens is 202 g/mol. The van der Waals surface area contributed by atoms with Gasteiger partial charge in [-0.1, -0.05) is 19.1 Å². The first kappa shape index (κ1) is 11.0. The zero-order valence-corrected chi connectivity index (χ0v) is 10.3. The van der Waals surface area contributed by atoms with Crippen LogP contribution in [0.3, 0.4) is 0 Å². The van der Waals surface area contributed by atoms with Gasteiger partial charge in [0.1, 0.15) is 0 Å². The van der Waals surface area contributed by atoms with Crippen molar-refractivity contribution in [1.82, 2.24) is 5.32 Å². The van der Waals surface area contributed by atoms with Gasteiger partial charge in [-0.05, 0) is 48.8 Å². The monoisotopic (exact) mass is 221 g/mol. The number of rotatable bonds is 5. The fraction of sp³-hybridized carbons (Fsp3) is 0.538. The van der Waals surface area contributed by atoms with Gasteiger partial charge in [0.05, 0.1) is 0 Å². The third kappa shape index (κ3) is 3.25. The van der Waals surface area contributed by atoms with E-state index in [1.54, 1.807) is 11.8 Å². The minimum Gasteiger partial charge on any atom is -0.312 e. The highest BCUT2D eigenvalue weighted by molar-refractivity contribution is 7.98. The molecule has 0 spiro atoms. The quantitative estimate of drug-likeness (QED) is 0.767. The maximum Gasteiger partial charge on any atom is 0.0205 e. The summed E-state index contributed by atoms with van der Waals surface area (Å²) in [4.78, 5) is 1.34. The van der Waals surface area contributed by atoms with Gasteiger partial charge >= 0.3 is 0 Å². The van der Waals surface area contributed by atoms with Crippen LogP contribution >= 0.6 is 11.8 Å². The van der Waals surface area contributed by atoms with Crippen LogP contribution in [0.15, 0.2) is 29.2 Å². The largest absolute Gasteiger partial charge is 0.312 e. The molecule has 1 aliphatic carbocycles. The summed E-state index contributed by atoms with van der Waals surface area (Å²) in [5, 5.41) is 3.52. The summed E-state index contributed by atoms with van der Waals surface area (Å²) < 4.78 is 0. The smallest absolute Gasteiger partial charge is 0.0205 e. The number of hydrogen-bond acceptors (Lipinski definition) is 2. The predicted octanol–water partition coefficient (Wildman–Crippen LogP) is 3.15. The van der Waals surface area contributed by atoms with Gasteiger partial charge in [-0.15, -0.1) is 11.8 Å². The SMILES string of the molecule is CSc1ccc(CNCC2CC2C)cc1. The van der Waals surface area contributed by atoms with Crippen LogP contribution in [0.4, 0.5) is 0 Å². The molecule has 15 heavy (non-hydrogen) atoms. The Kier molecular flexibility index (Phi) is 3.71. The second-order valence-electron chi connectivity index (χ2n) is 4.45. The summed E-state index contributed by atoms with van der Waals surface area (Å²) >= 11 is 1.80. The highest BCUT2D eigenvalue weighted by Crippen LogP contribution is 2.36. The van der Waals surface area contributed by atoms with Gasteiger partial charge in [-0.2, -0.15) is 0 Å². The predicted molar refractivity (Wildman–Crippen MR) is 67.2 cm³/mol. The van der Waals surface area contributed by atoms with E-state index in [4.69, 9.17) is 0 Å². The van der Waals surface area contributed by atoms with Gasteiger partial charge in [0.15, 0.2) is 0 Å². The van der Waals surface area contributed by atoms with Gasteiger partial charge in [0, 0.05) is 11.4 Å². The van der Waals surface area contributed by atoms with Crippen molar-refractivity contribution in [1.29, 1.82) is 0 Å². The topological polar surface area (TPSA) is 12.0 Å². The molecule has 2 heteroatoms. The molecule has 0 aromatic heterocycles. The minimum atomic E-state index is 0.940. The summed E-state index contributed by atoms with van der Waals surface area (Å²) in [6.07, 6.45) is 3.53. The maximum atomic E-state index is 3.52. The van der Waals surface area contributed by atoms with Crippen molar-refractivity contribution in [2.75, 3.05) is 12.8 Å². The van der Waals surface area contributed by atoms with Crippen molar-refractivity contribution in [3.8, 4) is 0 Å². The lowest BCUT2D eigenvalue weighted by molar-refractivity contribution is 0.612. The van der Waals surface area contributed by atoms with Crippen LogP contribution in [0, 0.1) is 11.8 Å². The second kappa shape index (κ2) is 5.04. The van der Waals surface area contributed by atoms with E-state index < -0.39 is 0 Å². The van der Waals surface area contributed by atoms with Crippen molar-refractivity contribution in [3.05, 3.63) is 29.8 Å². The second-order valence-corrected chi connectivity index (χ2v) is 5.33. The molecule has 1 aliphatic rings. The molecule has 1 saturated carbocycles. The van der Waals surface area contributed by atoms with Crippen LogP contribution in [0.1, 0.15) is 18.9 Å². The molecule has 0 aliphatic heterocycles. The Bertz CT molecular complexity index is 307. The Morgan fingerprint density at radius 2 is 2.00 bits per heavy atom. The standard InChI is InChI=1S/C13H19NS/c1-10-7-12(10)9-14-8-11-3-5-13(15-2)6-4-11/h3-6,10,12,14H,7-9H2,1-2H3. The van der Waals surface area contributed by atoms with Crippen LogP contribution in [0.25, 0.3) is 0 Å². The molecule has 0 saturated heterocycles. The molecule has 2 unspecified atom stereocenters. The van der Waals surface area contributed by atoms with E-state index in [1.807, 2.05) is 0 Å². The number of benzene rings is 1. The first-order valence-corrected chi connectivity index (χ1v) is 6.85. The van der Waals surface area contributed by atoms with E-state index in [-0.39, 0.29) is 0 Å². The Balaban J connectivity index is 1.73. The Hall–Kier alpha value is -0.470. The highest BCUT2D eigenvalue weighted by atomic mass is 32.2. The third-order valence-electron chi connectivity index (χ3n) is 3.17. The molecular formula is C13H19NS. The lowest BCUT2D eigenvalue weighted by Crippen LogP contribution is -2.16. The Morgan fingerprint density at radius 3 is 2.53 bits per heavy atom. The molecule has 0 amide bonds. The van der Waals surface area contributed by atoms with Crippen LogP contribution in [-0.2, 0) is 6.54 Å². The number of nitrogens with one attached hydrogen (secondary N) is 1. The third-order valence-corrected chi connectivity index (χ3v) is 3.91. The zero-order valence-electron chi connectivity index (χ0n) is 9.49. The van der Waals surface area contributed by atoms with E-state index in [2.05, 4.69) is 42.8 Å².